The van der Waals surface area contributed by atoms with E-state index in [-0.39, 0.29) is 5.91 Å². The molecule has 0 saturated heterocycles. The number of para-hydroxylation sites is 1. The molecule has 1 aromatic heterocycles. The molecule has 0 spiro atoms. The lowest BCUT2D eigenvalue weighted by Crippen LogP contribution is -2.15. The van der Waals surface area contributed by atoms with Crippen LogP contribution in [0, 0.1) is 6.92 Å². The monoisotopic (exact) mass is 406 g/mol. The number of rotatable bonds is 6. The van der Waals surface area contributed by atoms with Gasteiger partial charge in [0.2, 0.25) is 5.91 Å². The van der Waals surface area contributed by atoms with E-state index in [1.54, 1.807) is 0 Å². The summed E-state index contributed by atoms with van der Waals surface area (Å²) in [4.78, 5) is 12.4. The Balaban J connectivity index is 1.51. The van der Waals surface area contributed by atoms with E-state index in [0.29, 0.717) is 11.7 Å². The van der Waals surface area contributed by atoms with Crippen molar-refractivity contribution in [2.45, 2.75) is 50.1 Å². The molecule has 0 aliphatic heterocycles. The van der Waals surface area contributed by atoms with E-state index >= 15 is 0 Å². The van der Waals surface area contributed by atoms with Gasteiger partial charge in [0.05, 0.1) is 5.75 Å². The number of aryl methyl sites for hydroxylation is 1. The second-order valence-electron chi connectivity index (χ2n) is 7.55. The van der Waals surface area contributed by atoms with E-state index in [1.165, 1.54) is 36.6 Å². The first kappa shape index (κ1) is 19.7. The van der Waals surface area contributed by atoms with Crippen molar-refractivity contribution in [2.75, 3.05) is 11.1 Å². The number of nitrogens with zero attached hydrogens (tertiary/aromatic N) is 3. The fraction of sp³-hybridized carbons (Fsp3) is 0.348. The first-order valence-corrected chi connectivity index (χ1v) is 11.2. The molecule has 0 unspecified atom stereocenters. The molecule has 1 aliphatic rings. The second kappa shape index (κ2) is 9.27. The summed E-state index contributed by atoms with van der Waals surface area (Å²) in [5.41, 5.74) is 3.04. The van der Waals surface area contributed by atoms with Gasteiger partial charge in [0, 0.05) is 17.3 Å². The molecule has 2 aromatic carbocycles. The molecule has 4 rings (SSSR count). The Morgan fingerprint density at radius 1 is 1.03 bits per heavy atom. The largest absolute Gasteiger partial charge is 0.325 e. The zero-order valence-corrected chi connectivity index (χ0v) is 17.5. The molecule has 0 bridgehead atoms. The van der Waals surface area contributed by atoms with Crippen LogP contribution in [-0.4, -0.2) is 26.4 Å². The molecule has 5 nitrogen and oxygen atoms in total. The lowest BCUT2D eigenvalue weighted by molar-refractivity contribution is -0.113. The molecular weight excluding hydrogens is 380 g/mol. The standard InChI is InChI=1S/C23H26N4OS/c1-17-12-14-19(15-13-17)24-21(28)16-29-23-26-25-22(18-8-4-2-5-9-18)27(23)20-10-6-3-7-11-20/h3,6-7,10-15,18H,2,4-5,8-9,16H2,1H3,(H,24,28). The minimum atomic E-state index is -0.0410. The number of anilines is 1. The molecule has 29 heavy (non-hydrogen) atoms. The van der Waals surface area contributed by atoms with Crippen LogP contribution in [0.2, 0.25) is 0 Å². The average Bonchev–Trinajstić information content (AvgIpc) is 3.19. The Morgan fingerprint density at radius 2 is 1.76 bits per heavy atom. The Hall–Kier alpha value is -2.60. The molecule has 1 amide bonds. The number of hydrogen-bond donors (Lipinski definition) is 1. The topological polar surface area (TPSA) is 59.8 Å². The van der Waals surface area contributed by atoms with Crippen LogP contribution in [0.25, 0.3) is 5.69 Å². The van der Waals surface area contributed by atoms with E-state index in [1.807, 2.05) is 49.4 Å². The van der Waals surface area contributed by atoms with Gasteiger partial charge in [-0.15, -0.1) is 10.2 Å². The van der Waals surface area contributed by atoms with Crippen LogP contribution in [0.5, 0.6) is 0 Å². The van der Waals surface area contributed by atoms with Crippen molar-refractivity contribution in [1.82, 2.24) is 14.8 Å². The zero-order valence-electron chi connectivity index (χ0n) is 16.7. The summed E-state index contributed by atoms with van der Waals surface area (Å²) >= 11 is 1.43. The maximum absolute atomic E-state index is 12.4. The van der Waals surface area contributed by atoms with Gasteiger partial charge in [-0.25, -0.2) is 0 Å². The smallest absolute Gasteiger partial charge is 0.234 e. The SMILES string of the molecule is Cc1ccc(NC(=O)CSc2nnc(C3CCCCC3)n2-c2ccccc2)cc1. The van der Waals surface area contributed by atoms with Crippen LogP contribution < -0.4 is 5.32 Å². The van der Waals surface area contributed by atoms with Crippen molar-refractivity contribution in [1.29, 1.82) is 0 Å². The van der Waals surface area contributed by atoms with Crippen LogP contribution >= 0.6 is 11.8 Å². The van der Waals surface area contributed by atoms with Crippen molar-refractivity contribution in [3.63, 3.8) is 0 Å². The van der Waals surface area contributed by atoms with Gasteiger partial charge in [-0.2, -0.15) is 0 Å². The van der Waals surface area contributed by atoms with Crippen LogP contribution in [-0.2, 0) is 4.79 Å². The van der Waals surface area contributed by atoms with E-state index < -0.39 is 0 Å². The fourth-order valence-electron chi connectivity index (χ4n) is 3.78. The van der Waals surface area contributed by atoms with Gasteiger partial charge in [-0.1, -0.05) is 66.9 Å². The van der Waals surface area contributed by atoms with Crippen LogP contribution in [0.4, 0.5) is 5.69 Å². The number of benzene rings is 2. The molecule has 1 fully saturated rings. The average molecular weight is 407 g/mol. The second-order valence-corrected chi connectivity index (χ2v) is 8.49. The van der Waals surface area contributed by atoms with Gasteiger partial charge in [0.15, 0.2) is 5.16 Å². The van der Waals surface area contributed by atoms with E-state index in [4.69, 9.17) is 0 Å². The van der Waals surface area contributed by atoms with Gasteiger partial charge in [0.25, 0.3) is 0 Å². The van der Waals surface area contributed by atoms with E-state index in [0.717, 1.165) is 35.2 Å². The van der Waals surface area contributed by atoms with E-state index in [2.05, 4.69) is 32.2 Å². The highest BCUT2D eigenvalue weighted by Crippen LogP contribution is 2.34. The summed E-state index contributed by atoms with van der Waals surface area (Å²) in [7, 11) is 0. The highest BCUT2D eigenvalue weighted by molar-refractivity contribution is 7.99. The summed E-state index contributed by atoms with van der Waals surface area (Å²) < 4.78 is 2.14. The maximum atomic E-state index is 12.4. The number of nitrogens with one attached hydrogen (secondary N) is 1. The van der Waals surface area contributed by atoms with Crippen LogP contribution in [0.15, 0.2) is 59.8 Å². The Kier molecular flexibility index (Phi) is 6.30. The van der Waals surface area contributed by atoms with Crippen molar-refractivity contribution < 1.29 is 4.79 Å². The number of carbonyl (C=O) groups is 1. The molecule has 150 valence electrons. The summed E-state index contributed by atoms with van der Waals surface area (Å²) in [6.45, 7) is 2.03. The number of hydrogen-bond acceptors (Lipinski definition) is 4. The van der Waals surface area contributed by atoms with Crippen molar-refractivity contribution in [3.05, 3.63) is 66.0 Å². The first-order valence-electron chi connectivity index (χ1n) is 10.2. The molecule has 1 aliphatic carbocycles. The minimum Gasteiger partial charge on any atom is -0.325 e. The quantitative estimate of drug-likeness (QED) is 0.560. The lowest BCUT2D eigenvalue weighted by atomic mass is 9.88. The molecule has 6 heteroatoms. The van der Waals surface area contributed by atoms with Gasteiger partial charge in [-0.3, -0.25) is 9.36 Å². The Bertz CT molecular complexity index is 947. The summed E-state index contributed by atoms with van der Waals surface area (Å²) in [5, 5.41) is 12.7. The summed E-state index contributed by atoms with van der Waals surface area (Å²) in [6, 6.07) is 18.0. The third-order valence-corrected chi connectivity index (χ3v) is 6.24. The molecule has 1 saturated carbocycles. The zero-order chi connectivity index (χ0) is 20.1. The van der Waals surface area contributed by atoms with Gasteiger partial charge in [-0.05, 0) is 44.0 Å². The predicted molar refractivity (Wildman–Crippen MR) is 118 cm³/mol. The van der Waals surface area contributed by atoms with Crippen LogP contribution in [0.3, 0.4) is 0 Å². The molecule has 0 atom stereocenters. The molecular formula is C23H26N4OS. The first-order chi connectivity index (χ1) is 14.2. The Morgan fingerprint density at radius 3 is 2.48 bits per heavy atom. The summed E-state index contributed by atoms with van der Waals surface area (Å²) in [6.07, 6.45) is 6.10. The fourth-order valence-corrected chi connectivity index (χ4v) is 4.54. The van der Waals surface area contributed by atoms with Gasteiger partial charge in [0.1, 0.15) is 5.82 Å². The van der Waals surface area contributed by atoms with E-state index in [9.17, 15) is 4.79 Å². The molecule has 3 aromatic rings. The highest BCUT2D eigenvalue weighted by atomic mass is 32.2. The number of amides is 1. The number of aromatic nitrogens is 3. The Labute approximate surface area is 175 Å². The predicted octanol–water partition coefficient (Wildman–Crippen LogP) is 5.35. The molecule has 1 N–H and O–H groups in total. The number of thioether (sulfide) groups is 1. The van der Waals surface area contributed by atoms with Crippen molar-refractivity contribution in [3.8, 4) is 5.69 Å². The van der Waals surface area contributed by atoms with Crippen molar-refractivity contribution in [2.24, 2.45) is 0 Å². The third-order valence-electron chi connectivity index (χ3n) is 5.31. The molecule has 1 heterocycles. The maximum Gasteiger partial charge on any atom is 0.234 e. The molecule has 0 radical (unpaired) electrons. The summed E-state index contributed by atoms with van der Waals surface area (Å²) in [5.74, 6) is 1.72. The number of carbonyl (C=O) groups excluding carboxylic acids is 1. The minimum absolute atomic E-state index is 0.0410. The highest BCUT2D eigenvalue weighted by Gasteiger charge is 2.24. The normalized spacial score (nSPS) is 14.7. The lowest BCUT2D eigenvalue weighted by Gasteiger charge is -2.22. The van der Waals surface area contributed by atoms with Crippen LogP contribution in [0.1, 0.15) is 49.4 Å². The van der Waals surface area contributed by atoms with Crippen molar-refractivity contribution >= 4 is 23.4 Å². The third kappa shape index (κ3) is 4.88. The van der Waals surface area contributed by atoms with Gasteiger partial charge < -0.3 is 5.32 Å². The van der Waals surface area contributed by atoms with Gasteiger partial charge >= 0.3 is 0 Å².